The number of hydrogen-bond donors (Lipinski definition) is 2. The van der Waals surface area contributed by atoms with Gasteiger partial charge < -0.3 is 15.2 Å². The first kappa shape index (κ1) is 15.3. The minimum atomic E-state index is -4.31. The second-order valence-electron chi connectivity index (χ2n) is 5.37. The largest absolute Gasteiger partial charge is 0.416 e. The number of ether oxygens (including phenoxy) is 1. The molecule has 20 heavy (non-hydrogen) atoms. The van der Waals surface area contributed by atoms with Gasteiger partial charge in [-0.3, -0.25) is 0 Å². The van der Waals surface area contributed by atoms with Crippen LogP contribution >= 0.6 is 0 Å². The number of benzene rings is 1. The molecule has 0 radical (unpaired) electrons. The minimum absolute atomic E-state index is 0.0414. The Bertz CT molecular complexity index is 435. The maximum Gasteiger partial charge on any atom is 0.416 e. The predicted molar refractivity (Wildman–Crippen MR) is 68.2 cm³/mol. The van der Waals surface area contributed by atoms with Gasteiger partial charge in [-0.25, -0.2) is 0 Å². The van der Waals surface area contributed by atoms with Crippen molar-refractivity contribution >= 4 is 0 Å². The van der Waals surface area contributed by atoms with E-state index in [1.54, 1.807) is 0 Å². The van der Waals surface area contributed by atoms with E-state index in [4.69, 9.17) is 4.74 Å². The third-order valence-electron chi connectivity index (χ3n) is 3.67. The van der Waals surface area contributed by atoms with E-state index < -0.39 is 11.7 Å². The van der Waals surface area contributed by atoms with Crippen LogP contribution in [-0.2, 0) is 10.9 Å². The molecule has 3 nitrogen and oxygen atoms in total. The summed E-state index contributed by atoms with van der Waals surface area (Å²) in [6.07, 6.45) is -4.31. The van der Waals surface area contributed by atoms with Gasteiger partial charge in [0.1, 0.15) is 0 Å². The van der Waals surface area contributed by atoms with E-state index >= 15 is 0 Å². The fraction of sp³-hybridized carbons (Fsp3) is 0.571. The molecule has 112 valence electrons. The Labute approximate surface area is 115 Å². The number of aliphatic hydroxyl groups is 1. The van der Waals surface area contributed by atoms with Crippen LogP contribution in [-0.4, -0.2) is 31.5 Å². The number of hydrogen-bond acceptors (Lipinski definition) is 3. The summed E-state index contributed by atoms with van der Waals surface area (Å²) in [5, 5.41) is 12.5. The van der Waals surface area contributed by atoms with Crippen LogP contribution in [0.5, 0.6) is 0 Å². The molecule has 1 heterocycles. The van der Waals surface area contributed by atoms with E-state index in [-0.39, 0.29) is 18.1 Å². The van der Waals surface area contributed by atoms with Gasteiger partial charge in [0, 0.05) is 12.6 Å². The molecule has 1 aromatic carbocycles. The smallest absolute Gasteiger partial charge is 0.396 e. The summed E-state index contributed by atoms with van der Waals surface area (Å²) < 4.78 is 42.5. The normalized spacial score (nSPS) is 19.4. The molecule has 0 saturated carbocycles. The molecule has 1 fully saturated rings. The molecule has 0 bridgehead atoms. The summed E-state index contributed by atoms with van der Waals surface area (Å²) in [6, 6.07) is 5.04. The van der Waals surface area contributed by atoms with E-state index in [2.05, 4.69) is 5.32 Å². The molecule has 1 aliphatic heterocycles. The van der Waals surface area contributed by atoms with Crippen LogP contribution in [0, 0.1) is 5.41 Å². The van der Waals surface area contributed by atoms with E-state index in [0.717, 1.165) is 17.7 Å². The SMILES string of the molecule is CC(NCC1(CO)COC1)c1ccc(C(F)(F)F)cc1. The van der Waals surface area contributed by atoms with Crippen molar-refractivity contribution in [3.8, 4) is 0 Å². The molecule has 0 aliphatic carbocycles. The molecule has 1 aliphatic rings. The Hall–Kier alpha value is -1.11. The highest BCUT2D eigenvalue weighted by atomic mass is 19.4. The van der Waals surface area contributed by atoms with Gasteiger partial charge in [0.2, 0.25) is 0 Å². The maximum absolute atomic E-state index is 12.5. The third-order valence-corrected chi connectivity index (χ3v) is 3.67. The lowest BCUT2D eigenvalue weighted by Gasteiger charge is -2.40. The summed E-state index contributed by atoms with van der Waals surface area (Å²) in [5.74, 6) is 0. The molecule has 0 amide bonds. The van der Waals surface area contributed by atoms with Gasteiger partial charge in [0.15, 0.2) is 0 Å². The third kappa shape index (κ3) is 3.31. The molecule has 2 rings (SSSR count). The van der Waals surface area contributed by atoms with Crippen LogP contribution < -0.4 is 5.32 Å². The van der Waals surface area contributed by atoms with E-state index in [1.807, 2.05) is 6.92 Å². The van der Waals surface area contributed by atoms with Crippen LogP contribution in [0.3, 0.4) is 0 Å². The van der Waals surface area contributed by atoms with Crippen LogP contribution in [0.15, 0.2) is 24.3 Å². The lowest BCUT2D eigenvalue weighted by Crippen LogP contribution is -2.52. The molecule has 6 heteroatoms. The van der Waals surface area contributed by atoms with Gasteiger partial charge in [-0.1, -0.05) is 12.1 Å². The topological polar surface area (TPSA) is 41.5 Å². The first-order valence-corrected chi connectivity index (χ1v) is 6.45. The van der Waals surface area contributed by atoms with Crippen molar-refractivity contribution in [3.05, 3.63) is 35.4 Å². The first-order valence-electron chi connectivity index (χ1n) is 6.45. The second-order valence-corrected chi connectivity index (χ2v) is 5.37. The molecule has 1 aromatic rings. The van der Waals surface area contributed by atoms with Gasteiger partial charge in [0.05, 0.1) is 30.8 Å². The number of nitrogens with one attached hydrogen (secondary N) is 1. The molecule has 2 N–H and O–H groups in total. The van der Waals surface area contributed by atoms with Gasteiger partial charge in [-0.2, -0.15) is 13.2 Å². The fourth-order valence-electron chi connectivity index (χ4n) is 2.09. The van der Waals surface area contributed by atoms with Crippen LogP contribution in [0.1, 0.15) is 24.1 Å². The lowest BCUT2D eigenvalue weighted by atomic mass is 9.86. The van der Waals surface area contributed by atoms with Gasteiger partial charge in [0.25, 0.3) is 0 Å². The van der Waals surface area contributed by atoms with Crippen LogP contribution in [0.25, 0.3) is 0 Å². The average molecular weight is 289 g/mol. The van der Waals surface area contributed by atoms with Gasteiger partial charge in [-0.05, 0) is 24.6 Å². The zero-order valence-electron chi connectivity index (χ0n) is 11.2. The number of halogens is 3. The highest BCUT2D eigenvalue weighted by molar-refractivity contribution is 5.26. The monoisotopic (exact) mass is 289 g/mol. The van der Waals surface area contributed by atoms with Crippen molar-refractivity contribution in [1.82, 2.24) is 5.32 Å². The highest BCUT2D eigenvalue weighted by Crippen LogP contribution is 2.30. The fourth-order valence-corrected chi connectivity index (χ4v) is 2.09. The molecular weight excluding hydrogens is 271 g/mol. The first-order chi connectivity index (χ1) is 9.36. The summed E-state index contributed by atoms with van der Waals surface area (Å²) in [5.41, 5.74) is -0.112. The average Bonchev–Trinajstić information content (AvgIpc) is 2.37. The summed E-state index contributed by atoms with van der Waals surface area (Å²) in [6.45, 7) is 3.52. The number of aliphatic hydroxyl groups excluding tert-OH is 1. The predicted octanol–water partition coefficient (Wildman–Crippen LogP) is 2.36. The van der Waals surface area contributed by atoms with Crippen molar-refractivity contribution in [2.75, 3.05) is 26.4 Å². The van der Waals surface area contributed by atoms with Crippen LogP contribution in [0.2, 0.25) is 0 Å². The molecule has 0 aromatic heterocycles. The second kappa shape index (κ2) is 5.71. The van der Waals surface area contributed by atoms with Crippen LogP contribution in [0.4, 0.5) is 13.2 Å². The summed E-state index contributed by atoms with van der Waals surface area (Å²) >= 11 is 0. The minimum Gasteiger partial charge on any atom is -0.396 e. The van der Waals surface area contributed by atoms with Crippen molar-refractivity contribution < 1.29 is 23.0 Å². The molecule has 1 unspecified atom stereocenters. The summed E-state index contributed by atoms with van der Waals surface area (Å²) in [7, 11) is 0. The molecular formula is C14H18F3NO2. The van der Waals surface area contributed by atoms with Gasteiger partial charge >= 0.3 is 6.18 Å². The Kier molecular flexibility index (Phi) is 4.36. The van der Waals surface area contributed by atoms with Crippen molar-refractivity contribution in [2.24, 2.45) is 5.41 Å². The summed E-state index contributed by atoms with van der Waals surface area (Å²) in [4.78, 5) is 0. The molecule has 0 spiro atoms. The quantitative estimate of drug-likeness (QED) is 0.874. The Morgan fingerprint density at radius 3 is 2.30 bits per heavy atom. The Balaban J connectivity index is 1.94. The van der Waals surface area contributed by atoms with E-state index in [1.165, 1.54) is 12.1 Å². The number of alkyl halides is 3. The zero-order chi connectivity index (χ0) is 14.8. The Morgan fingerprint density at radius 2 is 1.90 bits per heavy atom. The zero-order valence-corrected chi connectivity index (χ0v) is 11.2. The van der Waals surface area contributed by atoms with E-state index in [0.29, 0.717) is 19.8 Å². The van der Waals surface area contributed by atoms with Crippen molar-refractivity contribution in [2.45, 2.75) is 19.1 Å². The van der Waals surface area contributed by atoms with Crippen molar-refractivity contribution in [3.63, 3.8) is 0 Å². The van der Waals surface area contributed by atoms with Gasteiger partial charge in [-0.15, -0.1) is 0 Å². The standard InChI is InChI=1S/C14H18F3NO2/c1-10(18-6-13(7-19)8-20-9-13)11-2-4-12(5-3-11)14(15,16)17/h2-5,10,18-19H,6-9H2,1H3. The lowest BCUT2D eigenvalue weighted by molar-refractivity contribution is -0.137. The molecule has 1 saturated heterocycles. The highest BCUT2D eigenvalue weighted by Gasteiger charge is 2.38. The Morgan fingerprint density at radius 1 is 1.30 bits per heavy atom. The van der Waals surface area contributed by atoms with Crippen molar-refractivity contribution in [1.29, 1.82) is 0 Å². The van der Waals surface area contributed by atoms with E-state index in [9.17, 15) is 18.3 Å². The maximum atomic E-state index is 12.5. The molecule has 1 atom stereocenters. The number of rotatable bonds is 5.